The molecule has 0 saturated heterocycles. The lowest BCUT2D eigenvalue weighted by molar-refractivity contribution is 0.400. The van der Waals surface area contributed by atoms with Crippen LogP contribution in [0.2, 0.25) is 0 Å². The van der Waals surface area contributed by atoms with Crippen molar-refractivity contribution in [1.82, 2.24) is 14.5 Å². The Morgan fingerprint density at radius 3 is 2.78 bits per heavy atom. The summed E-state index contributed by atoms with van der Waals surface area (Å²) in [6.07, 6.45) is 0. The largest absolute Gasteiger partial charge is 0.495 e. The molecule has 0 aliphatic rings. The quantitative estimate of drug-likeness (QED) is 0.645. The van der Waals surface area contributed by atoms with Crippen LogP contribution in [-0.4, -0.2) is 31.9 Å². The van der Waals surface area contributed by atoms with Gasteiger partial charge in [0.2, 0.25) is 10.0 Å². The molecule has 2 heterocycles. The third-order valence-electron chi connectivity index (χ3n) is 3.67. The van der Waals surface area contributed by atoms with Gasteiger partial charge in [0.1, 0.15) is 22.2 Å². The van der Waals surface area contributed by atoms with Gasteiger partial charge in [-0.3, -0.25) is 4.79 Å². The Morgan fingerprint density at radius 2 is 2.07 bits per heavy atom. The number of nitrogens with zero attached hydrogens (tertiary/aromatic N) is 2. The maximum absolute atomic E-state index is 13.4. The minimum Gasteiger partial charge on any atom is -0.495 e. The van der Waals surface area contributed by atoms with Gasteiger partial charge in [-0.05, 0) is 35.7 Å². The van der Waals surface area contributed by atoms with Crippen LogP contribution in [-0.2, 0) is 16.6 Å². The Kier molecular flexibility index (Phi) is 5.68. The molecule has 142 valence electrons. The minimum atomic E-state index is -4.02. The van der Waals surface area contributed by atoms with Gasteiger partial charge in [-0.2, -0.15) is 5.10 Å². The van der Waals surface area contributed by atoms with Gasteiger partial charge in [0, 0.05) is 12.6 Å². The monoisotopic (exact) mass is 409 g/mol. The van der Waals surface area contributed by atoms with Crippen LogP contribution in [0.15, 0.2) is 57.5 Å². The Labute approximate surface area is 159 Å². The number of aromatic nitrogens is 2. The SMILES string of the molecule is COc1ccc(F)cc1S(=O)(=O)NCCn1nc(-c2cccs2)ccc1=O. The number of ether oxygens (including phenoxy) is 1. The van der Waals surface area contributed by atoms with E-state index in [0.29, 0.717) is 5.69 Å². The third kappa shape index (κ3) is 4.41. The van der Waals surface area contributed by atoms with Crippen molar-refractivity contribution in [1.29, 1.82) is 0 Å². The molecule has 0 radical (unpaired) electrons. The summed E-state index contributed by atoms with van der Waals surface area (Å²) in [6.45, 7) is -0.0717. The highest BCUT2D eigenvalue weighted by Crippen LogP contribution is 2.24. The highest BCUT2D eigenvalue weighted by molar-refractivity contribution is 7.89. The number of rotatable bonds is 7. The number of methoxy groups -OCH3 is 1. The van der Waals surface area contributed by atoms with Crippen molar-refractivity contribution in [2.24, 2.45) is 0 Å². The van der Waals surface area contributed by atoms with E-state index in [2.05, 4.69) is 9.82 Å². The van der Waals surface area contributed by atoms with Gasteiger partial charge in [-0.1, -0.05) is 6.07 Å². The van der Waals surface area contributed by atoms with Crippen molar-refractivity contribution in [2.45, 2.75) is 11.4 Å². The summed E-state index contributed by atoms with van der Waals surface area (Å²) in [7, 11) is -2.72. The van der Waals surface area contributed by atoms with Crippen molar-refractivity contribution < 1.29 is 17.5 Å². The standard InChI is InChI=1S/C17H16FN3O4S2/c1-25-14-6-4-12(18)11-16(14)27(23,24)19-8-9-21-17(22)7-5-13(20-21)15-3-2-10-26-15/h2-7,10-11,19H,8-9H2,1H3. The van der Waals surface area contributed by atoms with Gasteiger partial charge in [0.05, 0.1) is 18.5 Å². The average molecular weight is 409 g/mol. The van der Waals surface area contributed by atoms with E-state index in [4.69, 9.17) is 4.74 Å². The Hall–Kier alpha value is -2.56. The number of nitrogens with one attached hydrogen (secondary N) is 1. The van der Waals surface area contributed by atoms with Gasteiger partial charge in [0.15, 0.2) is 0 Å². The molecule has 1 aromatic carbocycles. The number of hydrogen-bond acceptors (Lipinski definition) is 6. The zero-order valence-electron chi connectivity index (χ0n) is 14.3. The second-order valence-electron chi connectivity index (χ2n) is 5.45. The molecule has 3 aromatic rings. The summed E-state index contributed by atoms with van der Waals surface area (Å²) in [6, 6.07) is 9.97. The van der Waals surface area contributed by atoms with Crippen molar-refractivity contribution >= 4 is 21.4 Å². The number of benzene rings is 1. The predicted molar refractivity (Wildman–Crippen MR) is 100.0 cm³/mol. The molecule has 0 fully saturated rings. The lowest BCUT2D eigenvalue weighted by atomic mass is 10.3. The number of hydrogen-bond donors (Lipinski definition) is 1. The van der Waals surface area contributed by atoms with E-state index >= 15 is 0 Å². The summed E-state index contributed by atoms with van der Waals surface area (Å²) in [5.41, 5.74) is 0.275. The van der Waals surface area contributed by atoms with E-state index in [0.717, 1.165) is 17.0 Å². The number of thiophene rings is 1. The summed E-state index contributed by atoms with van der Waals surface area (Å²) >= 11 is 1.48. The first kappa shape index (κ1) is 19.2. The zero-order valence-corrected chi connectivity index (χ0v) is 15.9. The number of sulfonamides is 1. The Balaban J connectivity index is 1.76. The van der Waals surface area contributed by atoms with Crippen LogP contribution < -0.4 is 15.0 Å². The smallest absolute Gasteiger partial charge is 0.266 e. The highest BCUT2D eigenvalue weighted by atomic mass is 32.2. The van der Waals surface area contributed by atoms with Crippen molar-refractivity contribution in [3.8, 4) is 16.3 Å². The lowest BCUT2D eigenvalue weighted by Gasteiger charge is -2.11. The first-order valence-corrected chi connectivity index (χ1v) is 10.2. The molecule has 0 spiro atoms. The molecule has 0 unspecified atom stereocenters. The topological polar surface area (TPSA) is 90.3 Å². The molecular formula is C17H16FN3O4S2. The minimum absolute atomic E-state index is 0.0227. The van der Waals surface area contributed by atoms with Gasteiger partial charge in [-0.15, -0.1) is 11.3 Å². The molecule has 0 saturated carbocycles. The van der Waals surface area contributed by atoms with Crippen molar-refractivity contribution in [3.63, 3.8) is 0 Å². The van der Waals surface area contributed by atoms with Crippen LogP contribution in [0.3, 0.4) is 0 Å². The summed E-state index contributed by atoms with van der Waals surface area (Å²) in [5.74, 6) is -0.670. The van der Waals surface area contributed by atoms with Gasteiger partial charge in [-0.25, -0.2) is 22.2 Å². The van der Waals surface area contributed by atoms with Crippen LogP contribution in [0.1, 0.15) is 0 Å². The third-order valence-corrected chi connectivity index (χ3v) is 6.05. The van der Waals surface area contributed by atoms with Gasteiger partial charge < -0.3 is 4.74 Å². The summed E-state index contributed by atoms with van der Waals surface area (Å²) in [4.78, 5) is 12.6. The second-order valence-corrected chi connectivity index (χ2v) is 8.13. The van der Waals surface area contributed by atoms with E-state index in [9.17, 15) is 17.6 Å². The van der Waals surface area contributed by atoms with E-state index < -0.39 is 15.8 Å². The van der Waals surface area contributed by atoms with Crippen LogP contribution in [0.5, 0.6) is 5.75 Å². The van der Waals surface area contributed by atoms with Crippen molar-refractivity contribution in [3.05, 3.63) is 64.0 Å². The molecule has 1 N–H and O–H groups in total. The first-order chi connectivity index (χ1) is 12.9. The molecule has 3 rings (SSSR count). The van der Waals surface area contributed by atoms with Crippen molar-refractivity contribution in [2.75, 3.05) is 13.7 Å². The lowest BCUT2D eigenvalue weighted by Crippen LogP contribution is -2.32. The summed E-state index contributed by atoms with van der Waals surface area (Å²) in [5, 5.41) is 6.15. The Bertz CT molecular complexity index is 1100. The number of halogens is 1. The normalized spacial score (nSPS) is 11.5. The molecule has 0 bridgehead atoms. The van der Waals surface area contributed by atoms with E-state index in [-0.39, 0.29) is 29.3 Å². The van der Waals surface area contributed by atoms with Gasteiger partial charge in [0.25, 0.3) is 5.56 Å². The van der Waals surface area contributed by atoms with Gasteiger partial charge >= 0.3 is 0 Å². The second kappa shape index (κ2) is 7.99. The fraction of sp³-hybridized carbons (Fsp3) is 0.176. The molecule has 2 aromatic heterocycles. The van der Waals surface area contributed by atoms with E-state index in [1.165, 1.54) is 35.3 Å². The molecule has 7 nitrogen and oxygen atoms in total. The fourth-order valence-electron chi connectivity index (χ4n) is 2.39. The van der Waals surface area contributed by atoms with E-state index in [1.807, 2.05) is 17.5 Å². The molecule has 27 heavy (non-hydrogen) atoms. The maximum Gasteiger partial charge on any atom is 0.266 e. The highest BCUT2D eigenvalue weighted by Gasteiger charge is 2.20. The van der Waals surface area contributed by atoms with E-state index in [1.54, 1.807) is 6.07 Å². The molecule has 0 amide bonds. The zero-order chi connectivity index (χ0) is 19.4. The van der Waals surface area contributed by atoms with Crippen LogP contribution >= 0.6 is 11.3 Å². The fourth-order valence-corrected chi connectivity index (χ4v) is 4.28. The van der Waals surface area contributed by atoms with Crippen LogP contribution in [0.4, 0.5) is 4.39 Å². The Morgan fingerprint density at radius 1 is 1.26 bits per heavy atom. The van der Waals surface area contributed by atoms with Crippen LogP contribution in [0.25, 0.3) is 10.6 Å². The average Bonchev–Trinajstić information content (AvgIpc) is 3.18. The summed E-state index contributed by atoms with van der Waals surface area (Å²) < 4.78 is 46.8. The molecule has 10 heteroatoms. The molecule has 0 aliphatic heterocycles. The molecule has 0 atom stereocenters. The molecular weight excluding hydrogens is 393 g/mol. The molecule has 0 aliphatic carbocycles. The first-order valence-electron chi connectivity index (χ1n) is 7.86. The predicted octanol–water partition coefficient (Wildman–Crippen LogP) is 2.10. The maximum atomic E-state index is 13.4. The van der Waals surface area contributed by atoms with Crippen LogP contribution in [0, 0.1) is 5.82 Å².